The number of fused-ring (bicyclic) bond motifs is 1. The van der Waals surface area contributed by atoms with Crippen LogP contribution in [0, 0.1) is 11.7 Å². The number of nitrogens with two attached hydrogens (primary N) is 1. The second kappa shape index (κ2) is 7.15. The van der Waals surface area contributed by atoms with Crippen molar-refractivity contribution in [3.63, 3.8) is 0 Å². The van der Waals surface area contributed by atoms with Crippen molar-refractivity contribution in [2.45, 2.75) is 24.5 Å². The second-order valence-corrected chi connectivity index (χ2v) is 7.02. The van der Waals surface area contributed by atoms with E-state index in [0.717, 1.165) is 12.0 Å². The maximum absolute atomic E-state index is 14.2. The van der Waals surface area contributed by atoms with Crippen LogP contribution in [0.15, 0.2) is 54.6 Å². The van der Waals surface area contributed by atoms with Crippen LogP contribution in [0.1, 0.15) is 29.6 Å². The largest absolute Gasteiger partial charge is 0.341 e. The summed E-state index contributed by atoms with van der Waals surface area (Å²) < 4.78 is 14.2. The van der Waals surface area contributed by atoms with Gasteiger partial charge in [0.15, 0.2) is 0 Å². The first-order valence-electron chi connectivity index (χ1n) is 9.00. The van der Waals surface area contributed by atoms with Crippen LogP contribution in [0.4, 0.5) is 4.39 Å². The lowest BCUT2D eigenvalue weighted by atomic mass is 9.84. The highest BCUT2D eigenvalue weighted by atomic mass is 19.1. The van der Waals surface area contributed by atoms with E-state index >= 15 is 0 Å². The van der Waals surface area contributed by atoms with Crippen LogP contribution in [0.3, 0.4) is 0 Å². The molecular weight excluding hydrogens is 331 g/mol. The molecule has 0 saturated carbocycles. The first kappa shape index (κ1) is 17.1. The van der Waals surface area contributed by atoms with Gasteiger partial charge in [-0.05, 0) is 18.1 Å². The fourth-order valence-electron chi connectivity index (χ4n) is 4.04. The fourth-order valence-corrected chi connectivity index (χ4v) is 4.04. The summed E-state index contributed by atoms with van der Waals surface area (Å²) in [5.74, 6) is -0.196. The highest BCUT2D eigenvalue weighted by Gasteiger charge is 2.42. The standard InChI is InChI=1S/C20H23FN4O/c21-16-9-5-4-8-14(16)19-15-12-25(11-10-17(15)23-24-19)20(26)18(22)13-6-2-1-3-7-13/h1-9,15,17-19,23-24H,10-12,22H2/t15?,17?,18-,19?/m1/s1. The first-order valence-corrected chi connectivity index (χ1v) is 9.00. The number of carbonyl (C=O) groups excluding carboxylic acids is 1. The van der Waals surface area contributed by atoms with Gasteiger partial charge in [0.2, 0.25) is 5.91 Å². The number of rotatable bonds is 3. The van der Waals surface area contributed by atoms with Crippen molar-refractivity contribution in [3.8, 4) is 0 Å². The molecule has 5 nitrogen and oxygen atoms in total. The summed E-state index contributed by atoms with van der Waals surface area (Å²) in [5.41, 5.74) is 14.1. The molecular formula is C20H23FN4O. The SMILES string of the molecule is N[C@@H](C(=O)N1CCC2NNC(c3ccccc3F)C2C1)c1ccccc1. The Morgan fingerprint density at radius 2 is 1.85 bits per heavy atom. The van der Waals surface area contributed by atoms with Crippen LogP contribution < -0.4 is 16.6 Å². The van der Waals surface area contributed by atoms with E-state index in [2.05, 4.69) is 10.9 Å². The van der Waals surface area contributed by atoms with E-state index in [1.165, 1.54) is 6.07 Å². The van der Waals surface area contributed by atoms with E-state index in [1.54, 1.807) is 12.1 Å². The number of amides is 1. The van der Waals surface area contributed by atoms with Gasteiger partial charge in [-0.1, -0.05) is 48.5 Å². The average molecular weight is 354 g/mol. The maximum Gasteiger partial charge on any atom is 0.244 e. The van der Waals surface area contributed by atoms with Gasteiger partial charge in [-0.15, -0.1) is 0 Å². The van der Waals surface area contributed by atoms with E-state index in [0.29, 0.717) is 18.7 Å². The normalized spacial score (nSPS) is 26.4. The number of carbonyl (C=O) groups is 1. The number of likely N-dealkylation sites (tertiary alicyclic amines) is 1. The van der Waals surface area contributed by atoms with Gasteiger partial charge in [0.1, 0.15) is 11.9 Å². The lowest BCUT2D eigenvalue weighted by molar-refractivity contribution is -0.134. The molecule has 2 fully saturated rings. The molecule has 2 aliphatic heterocycles. The van der Waals surface area contributed by atoms with Crippen molar-refractivity contribution in [2.75, 3.05) is 13.1 Å². The Kier molecular flexibility index (Phi) is 4.72. The smallest absolute Gasteiger partial charge is 0.244 e. The molecule has 0 bridgehead atoms. The summed E-state index contributed by atoms with van der Waals surface area (Å²) in [6.45, 7) is 1.21. The van der Waals surface area contributed by atoms with Crippen molar-refractivity contribution >= 4 is 5.91 Å². The van der Waals surface area contributed by atoms with Crippen LogP contribution >= 0.6 is 0 Å². The molecule has 2 aromatic rings. The summed E-state index contributed by atoms with van der Waals surface area (Å²) in [4.78, 5) is 14.7. The highest BCUT2D eigenvalue weighted by Crippen LogP contribution is 2.35. The monoisotopic (exact) mass is 354 g/mol. The lowest BCUT2D eigenvalue weighted by Crippen LogP contribution is -2.50. The van der Waals surface area contributed by atoms with Crippen molar-refractivity contribution < 1.29 is 9.18 Å². The molecule has 1 amide bonds. The van der Waals surface area contributed by atoms with Crippen LogP contribution in [0.5, 0.6) is 0 Å². The van der Waals surface area contributed by atoms with E-state index < -0.39 is 6.04 Å². The highest BCUT2D eigenvalue weighted by molar-refractivity contribution is 5.83. The topological polar surface area (TPSA) is 70.4 Å². The van der Waals surface area contributed by atoms with Gasteiger partial charge in [-0.25, -0.2) is 9.82 Å². The number of hydrogen-bond acceptors (Lipinski definition) is 4. The summed E-state index contributed by atoms with van der Waals surface area (Å²) in [7, 11) is 0. The van der Waals surface area contributed by atoms with Crippen LogP contribution in [0.25, 0.3) is 0 Å². The maximum atomic E-state index is 14.2. The Balaban J connectivity index is 1.51. The van der Waals surface area contributed by atoms with Crippen LogP contribution in [-0.4, -0.2) is 29.9 Å². The molecule has 3 unspecified atom stereocenters. The molecule has 4 rings (SSSR count). The molecule has 2 heterocycles. The van der Waals surface area contributed by atoms with Gasteiger partial charge >= 0.3 is 0 Å². The molecule has 2 aromatic carbocycles. The molecule has 4 atom stereocenters. The molecule has 0 aromatic heterocycles. The van der Waals surface area contributed by atoms with Gasteiger partial charge in [-0.2, -0.15) is 0 Å². The fraction of sp³-hybridized carbons (Fsp3) is 0.350. The zero-order valence-electron chi connectivity index (χ0n) is 14.4. The summed E-state index contributed by atoms with van der Waals surface area (Å²) >= 11 is 0. The third kappa shape index (κ3) is 3.11. The Labute approximate surface area is 152 Å². The number of hydrogen-bond donors (Lipinski definition) is 3. The molecule has 0 spiro atoms. The van der Waals surface area contributed by atoms with Gasteiger partial charge in [0.05, 0.1) is 6.04 Å². The summed E-state index contributed by atoms with van der Waals surface area (Å²) in [6, 6.07) is 15.6. The van der Waals surface area contributed by atoms with E-state index in [-0.39, 0.29) is 29.7 Å². The van der Waals surface area contributed by atoms with Crippen molar-refractivity contribution in [3.05, 3.63) is 71.5 Å². The summed E-state index contributed by atoms with van der Waals surface area (Å²) in [5, 5.41) is 0. The lowest BCUT2D eigenvalue weighted by Gasteiger charge is -2.37. The average Bonchev–Trinajstić information content (AvgIpc) is 3.11. The third-order valence-corrected chi connectivity index (χ3v) is 5.49. The van der Waals surface area contributed by atoms with Crippen molar-refractivity contribution in [1.29, 1.82) is 0 Å². The van der Waals surface area contributed by atoms with E-state index in [9.17, 15) is 9.18 Å². The number of nitrogens with zero attached hydrogens (tertiary/aromatic N) is 1. The molecule has 6 heteroatoms. The number of nitrogens with one attached hydrogen (secondary N) is 2. The minimum Gasteiger partial charge on any atom is -0.341 e. The Morgan fingerprint density at radius 1 is 1.12 bits per heavy atom. The minimum absolute atomic E-state index is 0.0752. The van der Waals surface area contributed by atoms with Crippen LogP contribution in [0.2, 0.25) is 0 Å². The molecule has 136 valence electrons. The zero-order chi connectivity index (χ0) is 18.1. The Morgan fingerprint density at radius 3 is 2.62 bits per heavy atom. The van der Waals surface area contributed by atoms with Crippen molar-refractivity contribution in [2.24, 2.45) is 11.7 Å². The molecule has 2 saturated heterocycles. The van der Waals surface area contributed by atoms with Gasteiger partial charge in [0.25, 0.3) is 0 Å². The van der Waals surface area contributed by atoms with Gasteiger partial charge in [0, 0.05) is 30.6 Å². The van der Waals surface area contributed by atoms with E-state index in [4.69, 9.17) is 5.73 Å². The first-order chi connectivity index (χ1) is 12.6. The van der Waals surface area contributed by atoms with Gasteiger partial charge in [-0.3, -0.25) is 10.2 Å². The number of benzene rings is 2. The molecule has 0 radical (unpaired) electrons. The minimum atomic E-state index is -0.665. The second-order valence-electron chi connectivity index (χ2n) is 7.02. The molecule has 26 heavy (non-hydrogen) atoms. The molecule has 4 N–H and O–H groups in total. The number of piperidine rings is 1. The zero-order valence-corrected chi connectivity index (χ0v) is 14.4. The third-order valence-electron chi connectivity index (χ3n) is 5.49. The van der Waals surface area contributed by atoms with Crippen molar-refractivity contribution in [1.82, 2.24) is 15.8 Å². The predicted molar refractivity (Wildman–Crippen MR) is 97.3 cm³/mol. The van der Waals surface area contributed by atoms with Gasteiger partial charge < -0.3 is 10.6 Å². The quantitative estimate of drug-likeness (QED) is 0.787. The van der Waals surface area contributed by atoms with E-state index in [1.807, 2.05) is 41.3 Å². The Hall–Kier alpha value is -2.28. The number of hydrazine groups is 1. The predicted octanol–water partition coefficient (Wildman–Crippen LogP) is 1.89. The summed E-state index contributed by atoms with van der Waals surface area (Å²) in [6.07, 6.45) is 0.815. The number of halogens is 1. The molecule has 0 aliphatic carbocycles. The molecule has 2 aliphatic rings. The van der Waals surface area contributed by atoms with Crippen LogP contribution in [-0.2, 0) is 4.79 Å². The Bertz CT molecular complexity index is 784.